The lowest BCUT2D eigenvalue weighted by Gasteiger charge is -2.20. The maximum Gasteiger partial charge on any atom is 0.410 e. The smallest absolute Gasteiger partial charge is 0.410 e. The quantitative estimate of drug-likeness (QED) is 0.600. The summed E-state index contributed by atoms with van der Waals surface area (Å²) in [6.07, 6.45) is 1.92. The van der Waals surface area contributed by atoms with E-state index in [2.05, 4.69) is 6.58 Å². The first-order chi connectivity index (χ1) is 9.49. The average molecular weight is 317 g/mol. The predicted molar refractivity (Wildman–Crippen MR) is 83.1 cm³/mol. The molecule has 0 aromatic carbocycles. The van der Waals surface area contributed by atoms with Crippen molar-refractivity contribution >= 4 is 40.2 Å². The van der Waals surface area contributed by atoms with Gasteiger partial charge in [0.15, 0.2) is 0 Å². The van der Waals surface area contributed by atoms with Crippen molar-refractivity contribution in [2.75, 3.05) is 18.9 Å². The van der Waals surface area contributed by atoms with Gasteiger partial charge in [0.1, 0.15) is 12.6 Å². The van der Waals surface area contributed by atoms with Gasteiger partial charge in [-0.05, 0) is 24.5 Å². The monoisotopic (exact) mass is 317 g/mol. The number of likely N-dealkylation sites (tertiary alicyclic amines) is 1. The fourth-order valence-electron chi connectivity index (χ4n) is 2.18. The number of carbonyl (C=O) groups excluding carboxylic acids is 1. The summed E-state index contributed by atoms with van der Waals surface area (Å²) in [6.45, 7) is 5.93. The molecular weight excluding hydrogens is 298 g/mol. The van der Waals surface area contributed by atoms with Gasteiger partial charge in [0.25, 0.3) is 0 Å². The molecule has 1 aliphatic heterocycles. The minimum Gasteiger partial charge on any atom is -0.480 e. The highest BCUT2D eigenvalue weighted by Crippen LogP contribution is 2.29. The Balaban J connectivity index is 2.64. The van der Waals surface area contributed by atoms with Gasteiger partial charge in [-0.2, -0.15) is 0 Å². The first-order valence-electron chi connectivity index (χ1n) is 6.42. The zero-order valence-electron chi connectivity index (χ0n) is 11.4. The Hall–Kier alpha value is -1.08. The van der Waals surface area contributed by atoms with E-state index in [4.69, 9.17) is 17.0 Å². The lowest BCUT2D eigenvalue weighted by Crippen LogP contribution is -2.40. The minimum absolute atomic E-state index is 0.0798. The third-order valence-electron chi connectivity index (χ3n) is 2.99. The van der Waals surface area contributed by atoms with Gasteiger partial charge in [0.2, 0.25) is 0 Å². The number of hydrogen-bond donors (Lipinski definition) is 1. The van der Waals surface area contributed by atoms with E-state index in [1.165, 1.54) is 11.0 Å². The number of thioether (sulfide) groups is 1. The SMILES string of the molecule is C=CCOC(=O)N1C[C@H](CC(=S)SCC)C[C@H]1C(=O)O. The van der Waals surface area contributed by atoms with Crippen LogP contribution < -0.4 is 0 Å². The molecule has 0 bridgehead atoms. The Morgan fingerprint density at radius 3 is 2.85 bits per heavy atom. The second-order valence-electron chi connectivity index (χ2n) is 4.48. The van der Waals surface area contributed by atoms with Crippen LogP contribution in [0.3, 0.4) is 0 Å². The van der Waals surface area contributed by atoms with Gasteiger partial charge in [-0.25, -0.2) is 9.59 Å². The maximum absolute atomic E-state index is 11.8. The summed E-state index contributed by atoms with van der Waals surface area (Å²) in [5.41, 5.74) is 0. The van der Waals surface area contributed by atoms with Crippen LogP contribution in [0.4, 0.5) is 4.79 Å². The molecule has 5 nitrogen and oxygen atoms in total. The summed E-state index contributed by atoms with van der Waals surface area (Å²) < 4.78 is 5.79. The Kier molecular flexibility index (Phi) is 7.01. The first-order valence-corrected chi connectivity index (χ1v) is 7.81. The number of carboxylic acids is 1. The Labute approximate surface area is 128 Å². The number of carbonyl (C=O) groups is 2. The molecular formula is C13H19NO4S2. The van der Waals surface area contributed by atoms with Crippen LogP contribution in [0.25, 0.3) is 0 Å². The third-order valence-corrected chi connectivity index (χ3v) is 4.29. The molecule has 1 fully saturated rings. The number of thiocarbonyl (C=S) groups is 1. The lowest BCUT2D eigenvalue weighted by molar-refractivity contribution is -0.141. The molecule has 1 amide bonds. The van der Waals surface area contributed by atoms with Crippen molar-refractivity contribution < 1.29 is 19.4 Å². The minimum atomic E-state index is -1.00. The normalized spacial score (nSPS) is 21.6. The molecule has 0 radical (unpaired) electrons. The molecule has 1 heterocycles. The van der Waals surface area contributed by atoms with Gasteiger partial charge in [-0.3, -0.25) is 4.90 Å². The molecule has 2 atom stereocenters. The van der Waals surface area contributed by atoms with Gasteiger partial charge >= 0.3 is 12.1 Å². The molecule has 112 valence electrons. The van der Waals surface area contributed by atoms with Gasteiger partial charge in [-0.15, -0.1) is 11.8 Å². The molecule has 1 N–H and O–H groups in total. The molecule has 1 aliphatic rings. The van der Waals surface area contributed by atoms with Crippen LogP contribution in [0.15, 0.2) is 12.7 Å². The molecule has 0 aromatic heterocycles. The van der Waals surface area contributed by atoms with Crippen LogP contribution in [0.2, 0.25) is 0 Å². The molecule has 0 saturated carbocycles. The Morgan fingerprint density at radius 1 is 1.60 bits per heavy atom. The van der Waals surface area contributed by atoms with E-state index in [1.54, 1.807) is 11.8 Å². The summed E-state index contributed by atoms with van der Waals surface area (Å²) in [5.74, 6) is -0.0185. The highest BCUT2D eigenvalue weighted by molar-refractivity contribution is 8.23. The van der Waals surface area contributed by atoms with Crippen molar-refractivity contribution in [2.45, 2.75) is 25.8 Å². The van der Waals surface area contributed by atoms with Crippen LogP contribution in [0, 0.1) is 5.92 Å². The third kappa shape index (κ3) is 4.79. The summed E-state index contributed by atoms with van der Waals surface area (Å²) in [4.78, 5) is 24.3. The van der Waals surface area contributed by atoms with Crippen LogP contribution in [0.1, 0.15) is 19.8 Å². The second kappa shape index (κ2) is 8.26. The van der Waals surface area contributed by atoms with E-state index >= 15 is 0 Å². The number of aliphatic carboxylic acids is 1. The summed E-state index contributed by atoms with van der Waals surface area (Å²) in [7, 11) is 0. The van der Waals surface area contributed by atoms with Gasteiger partial charge in [-0.1, -0.05) is 31.8 Å². The molecule has 7 heteroatoms. The summed E-state index contributed by atoms with van der Waals surface area (Å²) >= 11 is 6.82. The van der Waals surface area contributed by atoms with Crippen LogP contribution in [0.5, 0.6) is 0 Å². The van der Waals surface area contributed by atoms with Crippen LogP contribution in [-0.4, -0.2) is 51.2 Å². The van der Waals surface area contributed by atoms with Crippen molar-refractivity contribution in [1.29, 1.82) is 0 Å². The van der Waals surface area contributed by atoms with Gasteiger partial charge < -0.3 is 9.84 Å². The van der Waals surface area contributed by atoms with Crippen LogP contribution >= 0.6 is 24.0 Å². The van der Waals surface area contributed by atoms with E-state index in [1.807, 2.05) is 6.92 Å². The molecule has 1 saturated heterocycles. The second-order valence-corrected chi connectivity index (χ2v) is 6.59. The summed E-state index contributed by atoms with van der Waals surface area (Å²) in [5, 5.41) is 9.21. The number of nitrogens with zero attached hydrogens (tertiary/aromatic N) is 1. The van der Waals surface area contributed by atoms with Gasteiger partial charge in [0.05, 0.1) is 0 Å². The number of ether oxygens (including phenoxy) is 1. The highest BCUT2D eigenvalue weighted by Gasteiger charge is 2.40. The summed E-state index contributed by atoms with van der Waals surface area (Å²) in [6, 6.07) is -0.827. The van der Waals surface area contributed by atoms with E-state index in [9.17, 15) is 14.7 Å². The van der Waals surface area contributed by atoms with E-state index < -0.39 is 18.1 Å². The van der Waals surface area contributed by atoms with Crippen molar-refractivity contribution in [3.05, 3.63) is 12.7 Å². The Morgan fingerprint density at radius 2 is 2.30 bits per heavy atom. The fourth-order valence-corrected chi connectivity index (χ4v) is 3.44. The Bertz CT molecular complexity index is 400. The number of amides is 1. The fraction of sp³-hybridized carbons (Fsp3) is 0.615. The van der Waals surface area contributed by atoms with Crippen molar-refractivity contribution in [3.63, 3.8) is 0 Å². The predicted octanol–water partition coefficient (Wildman–Crippen LogP) is 2.55. The molecule has 0 unspecified atom stereocenters. The highest BCUT2D eigenvalue weighted by atomic mass is 32.2. The number of hydrogen-bond acceptors (Lipinski definition) is 5. The number of rotatable bonds is 6. The number of carboxylic acid groups (broad SMARTS) is 1. The zero-order valence-corrected chi connectivity index (χ0v) is 13.0. The largest absolute Gasteiger partial charge is 0.480 e. The van der Waals surface area contributed by atoms with E-state index in [0.29, 0.717) is 19.4 Å². The molecule has 1 rings (SSSR count). The molecule has 0 aromatic rings. The van der Waals surface area contributed by atoms with Crippen LogP contribution in [-0.2, 0) is 9.53 Å². The molecule has 0 spiro atoms. The molecule has 20 heavy (non-hydrogen) atoms. The molecule has 0 aliphatic carbocycles. The average Bonchev–Trinajstić information content (AvgIpc) is 2.80. The van der Waals surface area contributed by atoms with Crippen molar-refractivity contribution in [2.24, 2.45) is 5.92 Å². The van der Waals surface area contributed by atoms with Crippen molar-refractivity contribution in [3.8, 4) is 0 Å². The van der Waals surface area contributed by atoms with Gasteiger partial charge in [0, 0.05) is 10.7 Å². The standard InChI is InChI=1S/C13H19NO4S2/c1-3-5-18-13(17)14-8-9(6-10(14)12(15)16)7-11(19)20-4-2/h3,9-10H,1,4-8H2,2H3,(H,15,16)/t9-,10-/m0/s1. The maximum atomic E-state index is 11.8. The van der Waals surface area contributed by atoms with E-state index in [0.717, 1.165) is 9.95 Å². The van der Waals surface area contributed by atoms with Crippen molar-refractivity contribution in [1.82, 2.24) is 4.90 Å². The lowest BCUT2D eigenvalue weighted by atomic mass is 10.0. The zero-order chi connectivity index (χ0) is 15.1. The van der Waals surface area contributed by atoms with E-state index in [-0.39, 0.29) is 12.5 Å². The first kappa shape index (κ1) is 17.0. The topological polar surface area (TPSA) is 66.8 Å².